The summed E-state index contributed by atoms with van der Waals surface area (Å²) in [5.41, 5.74) is 5.34. The molecule has 0 saturated carbocycles. The molecule has 1 aliphatic rings. The third kappa shape index (κ3) is 3.35. The second kappa shape index (κ2) is 5.50. The molecule has 16 heavy (non-hydrogen) atoms. The SMILES string of the molecule is CC(C)C(C)(CN)NC(=O)NC1CCOC1. The monoisotopic (exact) mass is 229 g/mol. The largest absolute Gasteiger partial charge is 0.379 e. The van der Waals surface area contributed by atoms with Gasteiger partial charge in [0.15, 0.2) is 0 Å². The van der Waals surface area contributed by atoms with Crippen LogP contribution >= 0.6 is 0 Å². The minimum absolute atomic E-state index is 0.134. The van der Waals surface area contributed by atoms with E-state index in [1.807, 2.05) is 20.8 Å². The Morgan fingerprint density at radius 3 is 2.75 bits per heavy atom. The van der Waals surface area contributed by atoms with Crippen LogP contribution < -0.4 is 16.4 Å². The average molecular weight is 229 g/mol. The molecule has 1 fully saturated rings. The van der Waals surface area contributed by atoms with Crippen molar-refractivity contribution in [3.63, 3.8) is 0 Å². The quantitative estimate of drug-likeness (QED) is 0.655. The number of amides is 2. The molecule has 0 radical (unpaired) electrons. The summed E-state index contributed by atoms with van der Waals surface area (Å²) < 4.78 is 5.19. The zero-order valence-electron chi connectivity index (χ0n) is 10.4. The van der Waals surface area contributed by atoms with E-state index in [1.165, 1.54) is 0 Å². The number of hydrogen-bond acceptors (Lipinski definition) is 3. The summed E-state index contributed by atoms with van der Waals surface area (Å²) in [5, 5.41) is 5.83. The van der Waals surface area contributed by atoms with Crippen molar-refractivity contribution < 1.29 is 9.53 Å². The van der Waals surface area contributed by atoms with Gasteiger partial charge >= 0.3 is 6.03 Å². The van der Waals surface area contributed by atoms with Gasteiger partial charge in [-0.05, 0) is 19.3 Å². The first kappa shape index (κ1) is 13.3. The van der Waals surface area contributed by atoms with E-state index in [4.69, 9.17) is 10.5 Å². The Hall–Kier alpha value is -0.810. The maximum atomic E-state index is 11.7. The third-order valence-electron chi connectivity index (χ3n) is 3.36. The zero-order valence-corrected chi connectivity index (χ0v) is 10.4. The van der Waals surface area contributed by atoms with Gasteiger partial charge in [0.1, 0.15) is 0 Å². The molecule has 2 atom stereocenters. The average Bonchev–Trinajstić information content (AvgIpc) is 2.69. The number of nitrogens with one attached hydrogen (secondary N) is 2. The smallest absolute Gasteiger partial charge is 0.315 e. The second-order valence-corrected chi connectivity index (χ2v) is 4.94. The summed E-state index contributed by atoms with van der Waals surface area (Å²) in [6.45, 7) is 7.82. The van der Waals surface area contributed by atoms with Crippen molar-refractivity contribution in [1.82, 2.24) is 10.6 Å². The van der Waals surface area contributed by atoms with Crippen molar-refractivity contribution in [1.29, 1.82) is 0 Å². The van der Waals surface area contributed by atoms with E-state index >= 15 is 0 Å². The number of urea groups is 1. The van der Waals surface area contributed by atoms with Crippen molar-refractivity contribution in [2.75, 3.05) is 19.8 Å². The van der Waals surface area contributed by atoms with Crippen LogP contribution in [0.15, 0.2) is 0 Å². The Morgan fingerprint density at radius 1 is 1.62 bits per heavy atom. The van der Waals surface area contributed by atoms with Gasteiger partial charge in [-0.3, -0.25) is 0 Å². The van der Waals surface area contributed by atoms with E-state index in [-0.39, 0.29) is 17.6 Å². The fraction of sp³-hybridized carbons (Fsp3) is 0.909. The Bertz CT molecular complexity index is 239. The van der Waals surface area contributed by atoms with Gasteiger partial charge in [-0.15, -0.1) is 0 Å². The fourth-order valence-electron chi connectivity index (χ4n) is 1.56. The Labute approximate surface area is 97.1 Å². The molecule has 1 rings (SSSR count). The first-order chi connectivity index (χ1) is 7.48. The number of ether oxygens (including phenoxy) is 1. The number of carbonyl (C=O) groups excluding carboxylic acids is 1. The lowest BCUT2D eigenvalue weighted by molar-refractivity contribution is 0.185. The molecule has 0 aromatic rings. The van der Waals surface area contributed by atoms with Crippen LogP contribution in [-0.2, 0) is 4.74 Å². The maximum absolute atomic E-state index is 11.7. The first-order valence-corrected chi connectivity index (χ1v) is 5.84. The van der Waals surface area contributed by atoms with E-state index in [2.05, 4.69) is 10.6 Å². The predicted octanol–water partition coefficient (Wildman–Crippen LogP) is 0.448. The molecular weight excluding hydrogens is 206 g/mol. The number of carbonyl (C=O) groups is 1. The van der Waals surface area contributed by atoms with E-state index < -0.39 is 0 Å². The van der Waals surface area contributed by atoms with Gasteiger partial charge in [-0.2, -0.15) is 0 Å². The summed E-state index contributed by atoms with van der Waals surface area (Å²) in [6.07, 6.45) is 0.883. The van der Waals surface area contributed by atoms with Gasteiger partial charge in [0.05, 0.1) is 18.2 Å². The highest BCUT2D eigenvalue weighted by Crippen LogP contribution is 2.14. The highest BCUT2D eigenvalue weighted by atomic mass is 16.5. The van der Waals surface area contributed by atoms with Crippen molar-refractivity contribution in [3.05, 3.63) is 0 Å². The molecule has 5 nitrogen and oxygen atoms in total. The molecule has 1 aliphatic heterocycles. The van der Waals surface area contributed by atoms with Gasteiger partial charge in [0, 0.05) is 13.2 Å². The molecule has 2 unspecified atom stereocenters. The molecule has 0 bridgehead atoms. The first-order valence-electron chi connectivity index (χ1n) is 5.84. The highest BCUT2D eigenvalue weighted by Gasteiger charge is 2.29. The van der Waals surface area contributed by atoms with Crippen molar-refractivity contribution in [3.8, 4) is 0 Å². The lowest BCUT2D eigenvalue weighted by atomic mass is 9.89. The van der Waals surface area contributed by atoms with Crippen LogP contribution in [0.5, 0.6) is 0 Å². The van der Waals surface area contributed by atoms with Crippen LogP contribution in [-0.4, -0.2) is 37.4 Å². The normalized spacial score (nSPS) is 24.2. The zero-order chi connectivity index (χ0) is 12.2. The Morgan fingerprint density at radius 2 is 2.31 bits per heavy atom. The number of rotatable bonds is 4. The predicted molar refractivity (Wildman–Crippen MR) is 63.2 cm³/mol. The Kier molecular flexibility index (Phi) is 4.56. The number of hydrogen-bond donors (Lipinski definition) is 3. The van der Waals surface area contributed by atoms with Crippen molar-refractivity contribution in [2.45, 2.75) is 38.8 Å². The molecule has 0 aliphatic carbocycles. The third-order valence-corrected chi connectivity index (χ3v) is 3.36. The maximum Gasteiger partial charge on any atom is 0.315 e. The lowest BCUT2D eigenvalue weighted by Gasteiger charge is -2.33. The summed E-state index contributed by atoms with van der Waals surface area (Å²) in [5.74, 6) is 0.295. The molecule has 1 saturated heterocycles. The molecule has 1 heterocycles. The van der Waals surface area contributed by atoms with Crippen LogP contribution in [0.1, 0.15) is 27.2 Å². The van der Waals surface area contributed by atoms with E-state index in [0.717, 1.165) is 13.0 Å². The summed E-state index contributed by atoms with van der Waals surface area (Å²) in [6, 6.07) is -0.0219. The minimum Gasteiger partial charge on any atom is -0.379 e. The van der Waals surface area contributed by atoms with Gasteiger partial charge in [-0.25, -0.2) is 4.79 Å². The number of nitrogens with two attached hydrogens (primary N) is 1. The molecular formula is C11H23N3O2. The van der Waals surface area contributed by atoms with E-state index in [0.29, 0.717) is 19.1 Å². The van der Waals surface area contributed by atoms with E-state index in [1.54, 1.807) is 0 Å². The highest BCUT2D eigenvalue weighted by molar-refractivity contribution is 5.75. The van der Waals surface area contributed by atoms with Crippen LogP contribution in [0, 0.1) is 5.92 Å². The minimum atomic E-state index is -0.358. The van der Waals surface area contributed by atoms with Crippen LogP contribution in [0.2, 0.25) is 0 Å². The molecule has 0 aromatic carbocycles. The van der Waals surface area contributed by atoms with Gasteiger partial charge in [-0.1, -0.05) is 13.8 Å². The topological polar surface area (TPSA) is 76.4 Å². The van der Waals surface area contributed by atoms with Crippen LogP contribution in [0.3, 0.4) is 0 Å². The lowest BCUT2D eigenvalue weighted by Crippen LogP contribution is -2.58. The molecule has 94 valence electrons. The van der Waals surface area contributed by atoms with Gasteiger partial charge in [0.25, 0.3) is 0 Å². The summed E-state index contributed by atoms with van der Waals surface area (Å²) in [7, 11) is 0. The molecule has 2 amide bonds. The van der Waals surface area contributed by atoms with E-state index in [9.17, 15) is 4.79 Å². The molecule has 5 heteroatoms. The molecule has 0 spiro atoms. The van der Waals surface area contributed by atoms with Crippen LogP contribution in [0.4, 0.5) is 4.79 Å². The van der Waals surface area contributed by atoms with Crippen molar-refractivity contribution in [2.24, 2.45) is 11.7 Å². The van der Waals surface area contributed by atoms with Gasteiger partial charge < -0.3 is 21.1 Å². The molecule has 0 aromatic heterocycles. The van der Waals surface area contributed by atoms with Gasteiger partial charge in [0.2, 0.25) is 0 Å². The molecule has 4 N–H and O–H groups in total. The Balaban J connectivity index is 2.42. The standard InChI is InChI=1S/C11H23N3O2/c1-8(2)11(3,7-12)14-10(15)13-9-4-5-16-6-9/h8-9H,4-7,12H2,1-3H3,(H2,13,14,15). The summed E-state index contributed by atoms with van der Waals surface area (Å²) in [4.78, 5) is 11.7. The van der Waals surface area contributed by atoms with Crippen molar-refractivity contribution >= 4 is 6.03 Å². The fourth-order valence-corrected chi connectivity index (χ4v) is 1.56. The second-order valence-electron chi connectivity index (χ2n) is 4.94. The van der Waals surface area contributed by atoms with Crippen LogP contribution in [0.25, 0.3) is 0 Å². The summed E-state index contributed by atoms with van der Waals surface area (Å²) >= 11 is 0.